The van der Waals surface area contributed by atoms with Crippen molar-refractivity contribution < 1.29 is 0 Å². The third-order valence-corrected chi connectivity index (χ3v) is 15.4. The summed E-state index contributed by atoms with van der Waals surface area (Å²) in [5, 5.41) is 5.42. The number of nitrogens with zero attached hydrogens (tertiary/aromatic N) is 3. The molecular formula is C56H49N3. The Morgan fingerprint density at radius 2 is 0.966 bits per heavy atom. The third kappa shape index (κ3) is 3.88. The third-order valence-electron chi connectivity index (χ3n) is 15.4. The maximum Gasteiger partial charge on any atom is 0.0732 e. The van der Waals surface area contributed by atoms with E-state index in [9.17, 15) is 0 Å². The Morgan fingerprint density at radius 1 is 0.508 bits per heavy atom. The number of fused-ring (bicyclic) bond motifs is 14. The lowest BCUT2D eigenvalue weighted by molar-refractivity contribution is 0.588. The highest BCUT2D eigenvalue weighted by molar-refractivity contribution is 6.30. The van der Waals surface area contributed by atoms with Crippen molar-refractivity contribution in [3.8, 4) is 22.3 Å². The highest BCUT2D eigenvalue weighted by atomic mass is 15.0. The molecule has 5 aliphatic carbocycles. The summed E-state index contributed by atoms with van der Waals surface area (Å²) >= 11 is 0. The first kappa shape index (κ1) is 34.1. The first-order chi connectivity index (χ1) is 28.1. The van der Waals surface area contributed by atoms with Crippen LogP contribution in [0.5, 0.6) is 0 Å². The molecule has 0 fully saturated rings. The molecule has 4 aromatic heterocycles. The Bertz CT molecular complexity index is 3360. The molecule has 9 aromatic rings. The van der Waals surface area contributed by atoms with Gasteiger partial charge in [0.1, 0.15) is 0 Å². The number of hydrogen-bond acceptors (Lipinski definition) is 2. The Balaban J connectivity index is 1.27. The molecule has 3 nitrogen and oxygen atoms in total. The highest BCUT2D eigenvalue weighted by Crippen LogP contribution is 2.63. The molecule has 59 heavy (non-hydrogen) atoms. The number of aromatic nitrogens is 3. The largest absolute Gasteiger partial charge is 0.305 e. The van der Waals surface area contributed by atoms with Crippen LogP contribution in [0.25, 0.3) is 60.3 Å². The van der Waals surface area contributed by atoms with E-state index in [0.717, 1.165) is 0 Å². The van der Waals surface area contributed by atoms with Crippen LogP contribution in [0.1, 0.15) is 148 Å². The number of pyridine rings is 2. The van der Waals surface area contributed by atoms with Crippen LogP contribution in [-0.4, -0.2) is 14.4 Å². The van der Waals surface area contributed by atoms with Crippen LogP contribution >= 0.6 is 0 Å². The van der Waals surface area contributed by atoms with Crippen LogP contribution in [0, 0.1) is 0 Å². The summed E-state index contributed by atoms with van der Waals surface area (Å²) in [5.41, 5.74) is 25.1. The standard InChI is InChI=1S/C56H49N3/c1-53(2,3)28-19-21-38-34(23-28)46-44-37-25-36-42-30-15-11-13-17-32(30)43(33-18-14-12-16-31(33)42)45(36)49-48-41(59(50(37)49)40(44)26-57-51(46)55(38,7)8)27-58-52-47(48)35-24-29(54(4,5)6)20-22-39(35)56(52,9)10/h11-27,42-43H,1-10H3. The monoisotopic (exact) mass is 763 g/mol. The molecule has 5 aromatic carbocycles. The molecule has 0 N–H and O–H groups in total. The zero-order chi connectivity index (χ0) is 40.4. The van der Waals surface area contributed by atoms with E-state index in [-0.39, 0.29) is 33.5 Å². The molecule has 0 saturated carbocycles. The Labute approximate surface area is 346 Å². The lowest BCUT2D eigenvalue weighted by Crippen LogP contribution is -2.27. The van der Waals surface area contributed by atoms with Crippen LogP contribution in [0.15, 0.2) is 103 Å². The molecule has 0 unspecified atom stereocenters. The molecule has 288 valence electrons. The van der Waals surface area contributed by atoms with Crippen molar-refractivity contribution in [3.05, 3.63) is 170 Å². The van der Waals surface area contributed by atoms with Gasteiger partial charge in [0.15, 0.2) is 0 Å². The second-order valence-electron chi connectivity index (χ2n) is 21.4. The molecule has 0 atom stereocenters. The van der Waals surface area contributed by atoms with Crippen LogP contribution in [-0.2, 0) is 21.7 Å². The highest BCUT2D eigenvalue weighted by Gasteiger charge is 2.47. The number of benzene rings is 5. The predicted octanol–water partition coefficient (Wildman–Crippen LogP) is 13.8. The molecule has 0 saturated heterocycles. The Kier molecular flexibility index (Phi) is 5.96. The van der Waals surface area contributed by atoms with E-state index in [1.54, 1.807) is 0 Å². The van der Waals surface area contributed by atoms with Crippen molar-refractivity contribution in [2.45, 2.75) is 103 Å². The van der Waals surface area contributed by atoms with Gasteiger partial charge >= 0.3 is 0 Å². The van der Waals surface area contributed by atoms with E-state index in [2.05, 4.69) is 177 Å². The average Bonchev–Trinajstić information content (AvgIpc) is 3.87. The first-order valence-corrected chi connectivity index (χ1v) is 21.7. The second kappa shape index (κ2) is 10.3. The van der Waals surface area contributed by atoms with Gasteiger partial charge in [-0.1, -0.05) is 154 Å². The fourth-order valence-electron chi connectivity index (χ4n) is 12.5. The van der Waals surface area contributed by atoms with Crippen molar-refractivity contribution in [2.75, 3.05) is 0 Å². The van der Waals surface area contributed by atoms with Gasteiger partial charge in [-0.25, -0.2) is 0 Å². The van der Waals surface area contributed by atoms with Crippen molar-refractivity contribution in [2.24, 2.45) is 0 Å². The van der Waals surface area contributed by atoms with E-state index in [1.807, 2.05) is 0 Å². The van der Waals surface area contributed by atoms with Crippen LogP contribution in [0.3, 0.4) is 0 Å². The van der Waals surface area contributed by atoms with Gasteiger partial charge in [0.05, 0.1) is 40.3 Å². The molecule has 0 aliphatic heterocycles. The fourth-order valence-corrected chi connectivity index (χ4v) is 12.5. The summed E-state index contributed by atoms with van der Waals surface area (Å²) in [6.07, 6.45) is 4.41. The van der Waals surface area contributed by atoms with Gasteiger partial charge in [-0.05, 0) is 83.7 Å². The molecule has 4 heterocycles. The smallest absolute Gasteiger partial charge is 0.0732 e. The lowest BCUT2D eigenvalue weighted by atomic mass is 9.60. The lowest BCUT2D eigenvalue weighted by Gasteiger charge is -2.42. The fraction of sp³-hybridized carbons (Fsp3) is 0.286. The number of hydrogen-bond donors (Lipinski definition) is 0. The average molecular weight is 764 g/mol. The predicted molar refractivity (Wildman–Crippen MR) is 244 cm³/mol. The van der Waals surface area contributed by atoms with Gasteiger partial charge in [0.25, 0.3) is 0 Å². The molecular weight excluding hydrogens is 715 g/mol. The molecule has 3 heteroatoms. The van der Waals surface area contributed by atoms with Gasteiger partial charge in [-0.2, -0.15) is 0 Å². The summed E-state index contributed by atoms with van der Waals surface area (Å²) in [4.78, 5) is 11.0. The van der Waals surface area contributed by atoms with Gasteiger partial charge in [0, 0.05) is 55.3 Å². The minimum Gasteiger partial charge on any atom is -0.305 e. The zero-order valence-corrected chi connectivity index (χ0v) is 35.8. The van der Waals surface area contributed by atoms with Gasteiger partial charge in [0.2, 0.25) is 0 Å². The topological polar surface area (TPSA) is 30.2 Å². The Morgan fingerprint density at radius 3 is 1.46 bits per heavy atom. The maximum atomic E-state index is 5.51. The van der Waals surface area contributed by atoms with E-state index in [0.29, 0.717) is 0 Å². The molecule has 5 aliphatic rings. The molecule has 0 amide bonds. The minimum absolute atomic E-state index is 0.0174. The maximum absolute atomic E-state index is 5.51. The van der Waals surface area contributed by atoms with Crippen molar-refractivity contribution >= 4 is 38.1 Å². The van der Waals surface area contributed by atoms with E-state index < -0.39 is 0 Å². The Hall–Kier alpha value is -5.80. The van der Waals surface area contributed by atoms with E-state index >= 15 is 0 Å². The van der Waals surface area contributed by atoms with Crippen LogP contribution in [0.4, 0.5) is 0 Å². The van der Waals surface area contributed by atoms with Crippen LogP contribution in [0.2, 0.25) is 0 Å². The quantitative estimate of drug-likeness (QED) is 0.154. The van der Waals surface area contributed by atoms with Crippen molar-refractivity contribution in [3.63, 3.8) is 0 Å². The summed E-state index contributed by atoms with van der Waals surface area (Å²) in [5.74, 6) is 0.290. The summed E-state index contributed by atoms with van der Waals surface area (Å²) < 4.78 is 2.58. The molecule has 14 rings (SSSR count). The normalized spacial score (nSPS) is 18.9. The second-order valence-corrected chi connectivity index (χ2v) is 21.4. The van der Waals surface area contributed by atoms with Crippen LogP contribution < -0.4 is 0 Å². The first-order valence-electron chi connectivity index (χ1n) is 21.7. The zero-order valence-electron chi connectivity index (χ0n) is 35.8. The van der Waals surface area contributed by atoms with E-state index in [1.165, 1.54) is 127 Å². The summed E-state index contributed by atoms with van der Waals surface area (Å²) in [6.45, 7) is 23.5. The minimum atomic E-state index is -0.232. The summed E-state index contributed by atoms with van der Waals surface area (Å²) in [7, 11) is 0. The van der Waals surface area contributed by atoms with Crippen molar-refractivity contribution in [1.82, 2.24) is 14.4 Å². The van der Waals surface area contributed by atoms with E-state index in [4.69, 9.17) is 9.97 Å². The van der Waals surface area contributed by atoms with Crippen molar-refractivity contribution in [1.29, 1.82) is 0 Å². The molecule has 0 spiro atoms. The SMILES string of the molecule is CC(C)(C)c1ccc2c(c1)-c1c(ncc3c1c1cc4c(c5c6c7c(ncc6n3c15)C(C)(C)c1ccc(C(C)(C)C)cc1-7)C1c3ccccc3C4c3ccccc31)C2(C)C. The molecule has 0 radical (unpaired) electrons. The van der Waals surface area contributed by atoms with Gasteiger partial charge in [-0.15, -0.1) is 0 Å². The van der Waals surface area contributed by atoms with Gasteiger partial charge in [-0.3, -0.25) is 9.97 Å². The van der Waals surface area contributed by atoms with Gasteiger partial charge < -0.3 is 4.40 Å². The number of rotatable bonds is 0. The summed E-state index contributed by atoms with van der Waals surface area (Å²) in [6, 6.07) is 35.7. The molecule has 2 bridgehead atoms.